The highest BCUT2D eigenvalue weighted by Gasteiger charge is 2.35. The summed E-state index contributed by atoms with van der Waals surface area (Å²) < 4.78 is 5.06. The van der Waals surface area contributed by atoms with Gasteiger partial charge in [0.1, 0.15) is 0 Å². The van der Waals surface area contributed by atoms with Gasteiger partial charge in [-0.25, -0.2) is 0 Å². The summed E-state index contributed by atoms with van der Waals surface area (Å²) in [6, 6.07) is 0.313. The minimum atomic E-state index is 0.101. The van der Waals surface area contributed by atoms with Crippen LogP contribution in [0, 0.1) is 17.3 Å². The van der Waals surface area contributed by atoms with Crippen LogP contribution in [-0.4, -0.2) is 25.2 Å². The van der Waals surface area contributed by atoms with E-state index in [4.69, 9.17) is 4.74 Å². The summed E-state index contributed by atoms with van der Waals surface area (Å²) in [4.78, 5) is 11.9. The van der Waals surface area contributed by atoms with Crippen LogP contribution in [-0.2, 0) is 9.53 Å². The van der Waals surface area contributed by atoms with Crippen molar-refractivity contribution in [1.29, 1.82) is 0 Å². The zero-order chi connectivity index (χ0) is 11.8. The van der Waals surface area contributed by atoms with Crippen molar-refractivity contribution in [2.45, 2.75) is 46.1 Å². The molecule has 92 valence electrons. The van der Waals surface area contributed by atoms with E-state index in [0.717, 1.165) is 12.3 Å². The monoisotopic (exact) mass is 225 g/mol. The zero-order valence-corrected chi connectivity index (χ0v) is 10.6. The molecule has 1 saturated heterocycles. The van der Waals surface area contributed by atoms with Gasteiger partial charge in [-0.1, -0.05) is 33.6 Å². The average molecular weight is 225 g/mol. The molecule has 0 bridgehead atoms. The summed E-state index contributed by atoms with van der Waals surface area (Å²) in [6.45, 7) is 7.82. The fraction of sp³-hybridized carbons (Fsp3) is 0.923. The number of ether oxygens (including phenoxy) is 1. The predicted molar refractivity (Wildman–Crippen MR) is 63.0 cm³/mol. The molecule has 1 aliphatic carbocycles. The van der Waals surface area contributed by atoms with Gasteiger partial charge >= 0.3 is 0 Å². The van der Waals surface area contributed by atoms with Crippen molar-refractivity contribution in [3.8, 4) is 0 Å². The van der Waals surface area contributed by atoms with Crippen molar-refractivity contribution in [2.24, 2.45) is 17.3 Å². The molecule has 1 N–H and O–H groups in total. The van der Waals surface area contributed by atoms with E-state index in [1.165, 1.54) is 12.8 Å². The fourth-order valence-corrected chi connectivity index (χ4v) is 1.99. The number of carbonyl (C=O) groups excluding carboxylic acids is 1. The molecule has 3 nitrogen and oxygen atoms in total. The maximum Gasteiger partial charge on any atom is 0.228 e. The third-order valence-corrected chi connectivity index (χ3v) is 3.64. The summed E-state index contributed by atoms with van der Waals surface area (Å²) in [5.41, 5.74) is 0.156. The maximum absolute atomic E-state index is 11.9. The van der Waals surface area contributed by atoms with Crippen LogP contribution < -0.4 is 5.32 Å². The van der Waals surface area contributed by atoms with E-state index < -0.39 is 0 Å². The second-order valence-corrected chi connectivity index (χ2v) is 6.34. The summed E-state index contributed by atoms with van der Waals surface area (Å²) in [7, 11) is 0. The highest BCUT2D eigenvalue weighted by Crippen LogP contribution is 2.37. The molecule has 0 aromatic carbocycles. The van der Waals surface area contributed by atoms with Crippen LogP contribution in [0.15, 0.2) is 0 Å². The van der Waals surface area contributed by atoms with Gasteiger partial charge in [-0.3, -0.25) is 4.79 Å². The van der Waals surface area contributed by atoms with Gasteiger partial charge in [-0.05, 0) is 17.8 Å². The van der Waals surface area contributed by atoms with Crippen LogP contribution in [0.3, 0.4) is 0 Å². The first kappa shape index (κ1) is 11.9. The molecular weight excluding hydrogens is 202 g/mol. The first-order valence-electron chi connectivity index (χ1n) is 6.35. The van der Waals surface area contributed by atoms with Crippen LogP contribution in [0.1, 0.15) is 40.0 Å². The third kappa shape index (κ3) is 2.97. The van der Waals surface area contributed by atoms with Crippen LogP contribution in [0.4, 0.5) is 0 Å². The minimum absolute atomic E-state index is 0.101. The van der Waals surface area contributed by atoms with E-state index in [9.17, 15) is 4.79 Å². The average Bonchev–Trinajstić information content (AvgIpc) is 2.81. The second kappa shape index (κ2) is 4.36. The zero-order valence-electron chi connectivity index (χ0n) is 10.6. The normalized spacial score (nSPS) is 23.7. The smallest absolute Gasteiger partial charge is 0.228 e. The van der Waals surface area contributed by atoms with Gasteiger partial charge in [-0.2, -0.15) is 0 Å². The molecule has 2 aliphatic rings. The number of hydrogen-bond acceptors (Lipinski definition) is 2. The quantitative estimate of drug-likeness (QED) is 0.794. The fourth-order valence-electron chi connectivity index (χ4n) is 1.99. The first-order valence-corrected chi connectivity index (χ1v) is 6.35. The Morgan fingerprint density at radius 1 is 1.38 bits per heavy atom. The number of amides is 1. The first-order chi connectivity index (χ1) is 7.47. The summed E-state index contributed by atoms with van der Waals surface area (Å²) in [5.74, 6) is 1.14. The highest BCUT2D eigenvalue weighted by atomic mass is 16.5. The lowest BCUT2D eigenvalue weighted by Gasteiger charge is -2.34. The van der Waals surface area contributed by atoms with E-state index in [2.05, 4.69) is 26.1 Å². The predicted octanol–water partition coefficient (Wildman–Crippen LogP) is 1.96. The number of hydrogen-bond donors (Lipinski definition) is 1. The van der Waals surface area contributed by atoms with Crippen molar-refractivity contribution < 1.29 is 9.53 Å². The lowest BCUT2D eigenvalue weighted by molar-refractivity contribution is -0.140. The Bertz CT molecular complexity index is 262. The van der Waals surface area contributed by atoms with Crippen molar-refractivity contribution in [2.75, 3.05) is 13.2 Å². The van der Waals surface area contributed by atoms with Crippen molar-refractivity contribution in [3.63, 3.8) is 0 Å². The number of carbonyl (C=O) groups is 1. The van der Waals surface area contributed by atoms with E-state index in [0.29, 0.717) is 19.3 Å². The molecule has 3 heteroatoms. The lowest BCUT2D eigenvalue weighted by Crippen LogP contribution is -2.50. The van der Waals surface area contributed by atoms with E-state index in [1.54, 1.807) is 0 Å². The minimum Gasteiger partial charge on any atom is -0.380 e. The largest absolute Gasteiger partial charge is 0.380 e. The Balaban J connectivity index is 1.87. The van der Waals surface area contributed by atoms with Crippen molar-refractivity contribution in [3.05, 3.63) is 0 Å². The molecule has 2 fully saturated rings. The Labute approximate surface area is 97.9 Å². The topological polar surface area (TPSA) is 38.3 Å². The second-order valence-electron chi connectivity index (χ2n) is 6.34. The van der Waals surface area contributed by atoms with Crippen LogP contribution in [0.25, 0.3) is 0 Å². The van der Waals surface area contributed by atoms with Gasteiger partial charge in [0.05, 0.1) is 19.1 Å². The van der Waals surface area contributed by atoms with Crippen LogP contribution in [0.2, 0.25) is 0 Å². The molecule has 0 aromatic heterocycles. The van der Waals surface area contributed by atoms with Crippen LogP contribution in [0.5, 0.6) is 0 Å². The molecule has 1 amide bonds. The van der Waals surface area contributed by atoms with E-state index in [-0.39, 0.29) is 17.2 Å². The maximum atomic E-state index is 11.9. The Morgan fingerprint density at radius 3 is 2.38 bits per heavy atom. The summed E-state index contributed by atoms with van der Waals surface area (Å²) >= 11 is 0. The van der Waals surface area contributed by atoms with Gasteiger partial charge in [0.15, 0.2) is 0 Å². The molecule has 1 unspecified atom stereocenters. The molecule has 0 aromatic rings. The summed E-state index contributed by atoms with van der Waals surface area (Å²) in [5, 5.41) is 3.21. The van der Waals surface area contributed by atoms with E-state index >= 15 is 0 Å². The van der Waals surface area contributed by atoms with Gasteiger partial charge < -0.3 is 10.1 Å². The lowest BCUT2D eigenvalue weighted by atomic mass is 9.83. The van der Waals surface area contributed by atoms with Gasteiger partial charge in [0.25, 0.3) is 0 Å². The third-order valence-electron chi connectivity index (χ3n) is 3.64. The van der Waals surface area contributed by atoms with Gasteiger partial charge in [0, 0.05) is 6.04 Å². The molecule has 0 radical (unpaired) electrons. The number of nitrogens with one attached hydrogen (secondary N) is 1. The Kier molecular flexibility index (Phi) is 3.24. The van der Waals surface area contributed by atoms with Gasteiger partial charge in [-0.15, -0.1) is 0 Å². The SMILES string of the molecule is CC(C)(C)C(CC1CC1)NC(=O)C1COC1. The molecule has 1 saturated carbocycles. The highest BCUT2D eigenvalue weighted by molar-refractivity contribution is 5.79. The molecule has 1 atom stereocenters. The summed E-state index contributed by atoms with van der Waals surface area (Å²) in [6.07, 6.45) is 3.83. The molecule has 2 rings (SSSR count). The van der Waals surface area contributed by atoms with Crippen molar-refractivity contribution >= 4 is 5.91 Å². The molecule has 16 heavy (non-hydrogen) atoms. The molecule has 1 aliphatic heterocycles. The Hall–Kier alpha value is -0.570. The molecular formula is C13H23NO2. The Morgan fingerprint density at radius 2 is 2.00 bits per heavy atom. The van der Waals surface area contributed by atoms with E-state index in [1.807, 2.05) is 0 Å². The molecule has 0 spiro atoms. The molecule has 1 heterocycles. The van der Waals surface area contributed by atoms with Crippen molar-refractivity contribution in [1.82, 2.24) is 5.32 Å². The standard InChI is InChI=1S/C13H23NO2/c1-13(2,3)11(6-9-4-5-9)14-12(15)10-7-16-8-10/h9-11H,4-8H2,1-3H3,(H,14,15). The van der Waals surface area contributed by atoms with Gasteiger partial charge in [0.2, 0.25) is 5.91 Å². The number of rotatable bonds is 4. The van der Waals surface area contributed by atoms with Crippen LogP contribution >= 0.6 is 0 Å².